The van der Waals surface area contributed by atoms with Gasteiger partial charge in [-0.1, -0.05) is 14.4 Å². The van der Waals surface area contributed by atoms with Gasteiger partial charge in [-0.15, -0.1) is 0 Å². The van der Waals surface area contributed by atoms with Gasteiger partial charge in [0.25, 0.3) is 0 Å². The molecule has 0 aliphatic rings. The van der Waals surface area contributed by atoms with Crippen molar-refractivity contribution in [2.45, 2.75) is 0 Å². The van der Waals surface area contributed by atoms with Crippen LogP contribution in [0.4, 0.5) is 0 Å². The van der Waals surface area contributed by atoms with Gasteiger partial charge in [-0.3, -0.25) is 19.9 Å². The molecule has 0 radical (unpaired) electrons. The molecule has 0 N–H and O–H groups in total. The van der Waals surface area contributed by atoms with E-state index in [1.807, 2.05) is 49.6 Å². The molecule has 122 valence electrons. The fourth-order valence-corrected chi connectivity index (χ4v) is 12.3. The van der Waals surface area contributed by atoms with E-state index in [1.54, 1.807) is 0 Å². The molecule has 0 saturated carbocycles. The van der Waals surface area contributed by atoms with Crippen molar-refractivity contribution in [1.82, 2.24) is 19.9 Å². The average Bonchev–Trinajstić information content (AvgIpc) is 3.21. The molecule has 0 saturated heterocycles. The van der Waals surface area contributed by atoms with E-state index in [-0.39, 0.29) is 0 Å². The summed E-state index contributed by atoms with van der Waals surface area (Å²) >= 11 is 0. The molecule has 6 aromatic heterocycles. The second-order valence-electron chi connectivity index (χ2n) is 6.19. The lowest BCUT2D eigenvalue weighted by Crippen LogP contribution is -1.70. The molecule has 26 heavy (non-hydrogen) atoms. The minimum atomic E-state index is -0.522. The Balaban J connectivity index is 1.93. The first-order valence-corrected chi connectivity index (χ1v) is 11.7. The van der Waals surface area contributed by atoms with Gasteiger partial charge in [0.15, 0.2) is 0 Å². The molecule has 0 aromatic carbocycles. The van der Waals surface area contributed by atoms with Crippen molar-refractivity contribution in [3.05, 3.63) is 73.8 Å². The zero-order valence-corrected chi connectivity index (χ0v) is 15.4. The van der Waals surface area contributed by atoms with Crippen molar-refractivity contribution < 1.29 is 0 Å². The molecule has 0 atom stereocenters. The molecule has 6 heteroatoms. The molecule has 0 aliphatic carbocycles. The van der Waals surface area contributed by atoms with Gasteiger partial charge in [-0.05, 0) is 24.3 Å². The Morgan fingerprint density at radius 1 is 0.423 bits per heavy atom. The zero-order valence-electron chi connectivity index (χ0n) is 13.6. The van der Waals surface area contributed by atoms with Crippen LogP contribution in [0.15, 0.2) is 73.8 Å². The molecule has 0 unspecified atom stereocenters. The largest absolute Gasteiger partial charge is 0.264 e. The number of pyridine rings is 4. The van der Waals surface area contributed by atoms with Crippen LogP contribution >= 0.6 is 14.4 Å². The summed E-state index contributed by atoms with van der Waals surface area (Å²) < 4.78 is 0. The lowest BCUT2D eigenvalue weighted by Gasteiger charge is -2.05. The molecular formula is C20H12N4P2. The van der Waals surface area contributed by atoms with Gasteiger partial charge in [0.1, 0.15) is 0 Å². The minimum absolute atomic E-state index is 0.522. The van der Waals surface area contributed by atoms with Crippen molar-refractivity contribution in [1.29, 1.82) is 0 Å². The molecule has 6 heterocycles. The molecule has 0 amide bonds. The van der Waals surface area contributed by atoms with Crippen molar-refractivity contribution in [2.75, 3.05) is 0 Å². The minimum Gasteiger partial charge on any atom is -0.264 e. The maximum atomic E-state index is 4.37. The van der Waals surface area contributed by atoms with E-state index in [2.05, 4.69) is 44.2 Å². The zero-order chi connectivity index (χ0) is 17.1. The second-order valence-corrected chi connectivity index (χ2v) is 11.8. The van der Waals surface area contributed by atoms with Gasteiger partial charge in [0.05, 0.1) is 0 Å². The highest BCUT2D eigenvalue weighted by Crippen LogP contribution is 2.71. The highest BCUT2D eigenvalue weighted by molar-refractivity contribution is 8.29. The van der Waals surface area contributed by atoms with Crippen molar-refractivity contribution >= 4 is 56.5 Å². The third-order valence-corrected chi connectivity index (χ3v) is 12.5. The van der Waals surface area contributed by atoms with E-state index < -0.39 is 14.4 Å². The summed E-state index contributed by atoms with van der Waals surface area (Å²) in [6.07, 6.45) is 15.6. The Labute approximate surface area is 150 Å². The fourth-order valence-electron chi connectivity index (χ4n) is 3.81. The quantitative estimate of drug-likeness (QED) is 0.348. The molecule has 4 nitrogen and oxygen atoms in total. The molecular weight excluding hydrogens is 358 g/mol. The van der Waals surface area contributed by atoms with Crippen LogP contribution in [-0.4, -0.2) is 19.9 Å². The summed E-state index contributed by atoms with van der Waals surface area (Å²) in [5, 5.41) is 10.6. The third-order valence-electron chi connectivity index (χ3n) is 4.89. The second kappa shape index (κ2) is 5.35. The van der Waals surface area contributed by atoms with E-state index in [0.717, 1.165) is 0 Å². The Hall–Kier alpha value is -2.80. The highest BCUT2D eigenvalue weighted by atomic mass is 32.0. The number of nitrogens with zero attached hydrogens (tertiary/aromatic N) is 4. The standard InChI is InChI=1S/C20H12N4P2/c1-5-21-9-13-14-10-22-6-2-18(14)25(17(1)13)26-19-3-7-23-11-15(19)16-12-24-8-4-20(16)26/h1-12H. The summed E-state index contributed by atoms with van der Waals surface area (Å²) in [5.74, 6) is 0. The highest BCUT2D eigenvalue weighted by Gasteiger charge is 2.19. The van der Waals surface area contributed by atoms with Gasteiger partial charge in [-0.25, -0.2) is 0 Å². The maximum Gasteiger partial charge on any atom is 0.0356 e. The van der Waals surface area contributed by atoms with Gasteiger partial charge in [0.2, 0.25) is 0 Å². The molecule has 0 spiro atoms. The van der Waals surface area contributed by atoms with Crippen LogP contribution in [0.1, 0.15) is 0 Å². The van der Waals surface area contributed by atoms with Crippen molar-refractivity contribution in [3.8, 4) is 0 Å². The number of aromatic nitrogens is 4. The Morgan fingerprint density at radius 2 is 0.692 bits per heavy atom. The lowest BCUT2D eigenvalue weighted by molar-refractivity contribution is 1.36. The normalized spacial score (nSPS) is 11.8. The molecule has 6 aromatic rings. The predicted molar refractivity (Wildman–Crippen MR) is 110 cm³/mol. The summed E-state index contributed by atoms with van der Waals surface area (Å²) in [6.45, 7) is 0. The van der Waals surface area contributed by atoms with E-state index >= 15 is 0 Å². The number of fused-ring (bicyclic) bond motifs is 6. The molecule has 0 bridgehead atoms. The molecule has 0 fully saturated rings. The Morgan fingerprint density at radius 3 is 0.962 bits per heavy atom. The van der Waals surface area contributed by atoms with Crippen LogP contribution < -0.4 is 0 Å². The fraction of sp³-hybridized carbons (Fsp3) is 0. The molecule has 6 rings (SSSR count). The van der Waals surface area contributed by atoms with Crippen molar-refractivity contribution in [3.63, 3.8) is 0 Å². The van der Waals surface area contributed by atoms with Crippen molar-refractivity contribution in [2.24, 2.45) is 0 Å². The number of hydrogen-bond acceptors (Lipinski definition) is 4. The lowest BCUT2D eigenvalue weighted by atomic mass is 10.2. The Kier molecular flexibility index (Phi) is 2.96. The first-order chi connectivity index (χ1) is 12.9. The third kappa shape index (κ3) is 1.81. The SMILES string of the molecule is c1cc2c(cn1)c1cnccc1p2-p1c2ccncc2c2cnccc21. The van der Waals surface area contributed by atoms with E-state index in [4.69, 9.17) is 0 Å². The van der Waals surface area contributed by atoms with Crippen LogP contribution in [0.3, 0.4) is 0 Å². The summed E-state index contributed by atoms with van der Waals surface area (Å²) in [4.78, 5) is 17.5. The Bertz CT molecular complexity index is 1230. The van der Waals surface area contributed by atoms with Gasteiger partial charge in [-0.2, -0.15) is 0 Å². The number of rotatable bonds is 1. The van der Waals surface area contributed by atoms with Crippen LogP contribution in [0, 0.1) is 0 Å². The van der Waals surface area contributed by atoms with Crippen LogP contribution in [0.25, 0.3) is 42.0 Å². The van der Waals surface area contributed by atoms with E-state index in [0.29, 0.717) is 0 Å². The summed E-state index contributed by atoms with van der Waals surface area (Å²) in [5.41, 5.74) is 0. The van der Waals surface area contributed by atoms with Gasteiger partial charge < -0.3 is 0 Å². The monoisotopic (exact) mass is 370 g/mol. The predicted octanol–water partition coefficient (Wildman–Crippen LogP) is 6.16. The van der Waals surface area contributed by atoms with Gasteiger partial charge in [0, 0.05) is 91.6 Å². The first-order valence-electron chi connectivity index (χ1n) is 8.30. The van der Waals surface area contributed by atoms with Crippen LogP contribution in [-0.2, 0) is 0 Å². The van der Waals surface area contributed by atoms with E-state index in [1.165, 1.54) is 42.0 Å². The van der Waals surface area contributed by atoms with Crippen LogP contribution in [0.2, 0.25) is 0 Å². The average molecular weight is 370 g/mol. The van der Waals surface area contributed by atoms with Crippen LogP contribution in [0.5, 0.6) is 0 Å². The topological polar surface area (TPSA) is 51.6 Å². The first kappa shape index (κ1) is 14.4. The summed E-state index contributed by atoms with van der Waals surface area (Å²) in [7, 11) is -1.04. The maximum absolute atomic E-state index is 4.37. The smallest absolute Gasteiger partial charge is 0.0356 e. The van der Waals surface area contributed by atoms with E-state index in [9.17, 15) is 0 Å². The number of hydrogen-bond donors (Lipinski definition) is 0. The van der Waals surface area contributed by atoms with Gasteiger partial charge >= 0.3 is 0 Å². The summed E-state index contributed by atoms with van der Waals surface area (Å²) in [6, 6.07) is 8.79. The molecule has 0 aliphatic heterocycles.